The highest BCUT2D eigenvalue weighted by atomic mass is 15.3. The highest BCUT2D eigenvalue weighted by Crippen LogP contribution is 2.23. The van der Waals surface area contributed by atoms with E-state index >= 15 is 0 Å². The summed E-state index contributed by atoms with van der Waals surface area (Å²) in [6.45, 7) is 4.51. The van der Waals surface area contributed by atoms with Gasteiger partial charge in [0, 0.05) is 0 Å². The average molecular weight is 224 g/mol. The van der Waals surface area contributed by atoms with Gasteiger partial charge in [0.15, 0.2) is 0 Å². The minimum Gasteiger partial charge on any atom is -0.298 e. The van der Waals surface area contributed by atoms with Crippen molar-refractivity contribution in [3.05, 3.63) is 29.8 Å². The lowest BCUT2D eigenvalue weighted by Gasteiger charge is -2.23. The summed E-state index contributed by atoms with van der Waals surface area (Å²) in [6.07, 6.45) is 1.21. The molecule has 1 atom stereocenters. The quantitative estimate of drug-likeness (QED) is 0.655. The first-order valence-corrected chi connectivity index (χ1v) is 5.37. The fraction of sp³-hybridized carbons (Fsp3) is 0.600. The number of hydrogen-bond donors (Lipinski definition) is 0. The van der Waals surface area contributed by atoms with Gasteiger partial charge < -0.3 is 0 Å². The van der Waals surface area contributed by atoms with E-state index in [1.165, 1.54) is 17.7 Å². The summed E-state index contributed by atoms with van der Waals surface area (Å²) < 4.78 is 0.890. The van der Waals surface area contributed by atoms with Gasteiger partial charge in [-0.3, -0.25) is 4.48 Å². The Hall–Kier alpha value is -0.820. The Bertz CT molecular complexity index is 279. The van der Waals surface area contributed by atoms with Crippen molar-refractivity contribution in [3.63, 3.8) is 0 Å². The maximum absolute atomic E-state index is 2.28. The van der Waals surface area contributed by atoms with Crippen LogP contribution in [0.15, 0.2) is 24.3 Å². The van der Waals surface area contributed by atoms with Crippen molar-refractivity contribution in [3.8, 4) is 0 Å². The molecule has 0 aliphatic rings. The molecule has 0 aliphatic carbocycles. The molecule has 0 bridgehead atoms. The van der Waals surface area contributed by atoms with Crippen LogP contribution in [0.4, 0.5) is 5.69 Å². The van der Waals surface area contributed by atoms with Crippen LogP contribution in [-0.2, 0) is 0 Å². The second-order valence-electron chi connectivity index (χ2n) is 4.91. The predicted molar refractivity (Wildman–Crippen MR) is 78.2 cm³/mol. The van der Waals surface area contributed by atoms with E-state index in [-0.39, 0.29) is 14.9 Å². The van der Waals surface area contributed by atoms with E-state index < -0.39 is 0 Å². The van der Waals surface area contributed by atoms with Crippen LogP contribution in [0.2, 0.25) is 0 Å². The van der Waals surface area contributed by atoms with Crippen molar-refractivity contribution in [2.75, 3.05) is 21.1 Å². The predicted octanol–water partition coefficient (Wildman–Crippen LogP) is 4.67. The highest BCUT2D eigenvalue weighted by molar-refractivity contribution is 5.43. The van der Waals surface area contributed by atoms with Crippen LogP contribution in [0.25, 0.3) is 0 Å². The van der Waals surface area contributed by atoms with Crippen LogP contribution in [0.1, 0.15) is 46.6 Å². The van der Waals surface area contributed by atoms with Crippen LogP contribution in [-0.4, -0.2) is 21.1 Å². The van der Waals surface area contributed by atoms with Gasteiger partial charge in [0.1, 0.15) is 5.69 Å². The zero-order valence-corrected chi connectivity index (χ0v) is 10.0. The molecule has 1 unspecified atom stereocenters. The van der Waals surface area contributed by atoms with Crippen LogP contribution in [0.3, 0.4) is 0 Å². The molecule has 0 saturated heterocycles. The van der Waals surface area contributed by atoms with E-state index in [1.54, 1.807) is 0 Å². The maximum Gasteiger partial charge on any atom is 0.132 e. The Morgan fingerprint density at radius 1 is 1.00 bits per heavy atom. The Morgan fingerprint density at radius 2 is 1.44 bits per heavy atom. The third-order valence-electron chi connectivity index (χ3n) is 2.85. The summed E-state index contributed by atoms with van der Waals surface area (Å²) in [6, 6.07) is 8.99. The van der Waals surface area contributed by atoms with Crippen LogP contribution >= 0.6 is 0 Å². The van der Waals surface area contributed by atoms with Crippen LogP contribution in [0.5, 0.6) is 0 Å². The SMILES string of the molecule is C.C.CCC(C)c1ccc([N+](C)(C)C)cc1. The van der Waals surface area contributed by atoms with E-state index in [4.69, 9.17) is 0 Å². The second kappa shape index (κ2) is 6.70. The van der Waals surface area contributed by atoms with Crippen molar-refractivity contribution >= 4 is 5.69 Å². The molecule has 0 spiro atoms. The Labute approximate surface area is 103 Å². The molecule has 1 rings (SSSR count). The fourth-order valence-electron chi connectivity index (χ4n) is 1.49. The fourth-order valence-corrected chi connectivity index (χ4v) is 1.49. The van der Waals surface area contributed by atoms with E-state index in [2.05, 4.69) is 59.3 Å². The molecular weight excluding hydrogens is 194 g/mol. The molecule has 1 heteroatoms. The smallest absolute Gasteiger partial charge is 0.132 e. The monoisotopic (exact) mass is 224 g/mol. The van der Waals surface area contributed by atoms with Gasteiger partial charge in [-0.2, -0.15) is 0 Å². The summed E-state index contributed by atoms with van der Waals surface area (Å²) in [5.41, 5.74) is 2.81. The van der Waals surface area contributed by atoms with E-state index in [0.29, 0.717) is 5.92 Å². The van der Waals surface area contributed by atoms with Crippen LogP contribution in [0, 0.1) is 0 Å². The van der Waals surface area contributed by atoms with Crippen molar-refractivity contribution in [2.24, 2.45) is 0 Å². The second-order valence-corrected chi connectivity index (χ2v) is 4.91. The van der Waals surface area contributed by atoms with Gasteiger partial charge in [0.25, 0.3) is 0 Å². The maximum atomic E-state index is 2.28. The molecule has 94 valence electrons. The first-order valence-electron chi connectivity index (χ1n) is 5.37. The minimum atomic E-state index is 0. The lowest BCUT2D eigenvalue weighted by molar-refractivity contribution is 0.486. The lowest BCUT2D eigenvalue weighted by atomic mass is 9.98. The van der Waals surface area contributed by atoms with Gasteiger partial charge in [-0.1, -0.05) is 40.8 Å². The van der Waals surface area contributed by atoms with Gasteiger partial charge in [0.2, 0.25) is 0 Å². The van der Waals surface area contributed by atoms with Gasteiger partial charge in [-0.25, -0.2) is 0 Å². The zero-order chi connectivity index (χ0) is 10.8. The molecule has 1 nitrogen and oxygen atoms in total. The van der Waals surface area contributed by atoms with Crippen molar-refractivity contribution in [1.29, 1.82) is 0 Å². The number of benzene rings is 1. The molecule has 0 heterocycles. The molecule has 0 aromatic heterocycles. The first kappa shape index (κ1) is 17.6. The molecule has 0 amide bonds. The zero-order valence-electron chi connectivity index (χ0n) is 10.0. The highest BCUT2D eigenvalue weighted by Gasteiger charge is 2.11. The van der Waals surface area contributed by atoms with E-state index in [0.717, 1.165) is 4.48 Å². The molecular formula is C15H30N+. The largest absolute Gasteiger partial charge is 0.298 e. The molecule has 0 saturated carbocycles. The van der Waals surface area contributed by atoms with Gasteiger partial charge >= 0.3 is 0 Å². The Kier molecular flexibility index (Phi) is 7.35. The van der Waals surface area contributed by atoms with Gasteiger partial charge in [-0.05, 0) is 30.0 Å². The van der Waals surface area contributed by atoms with Crippen molar-refractivity contribution in [2.45, 2.75) is 41.0 Å². The van der Waals surface area contributed by atoms with Crippen LogP contribution < -0.4 is 4.48 Å². The number of hydrogen-bond acceptors (Lipinski definition) is 0. The Balaban J connectivity index is 0. The summed E-state index contributed by atoms with van der Waals surface area (Å²) in [4.78, 5) is 0. The molecule has 0 N–H and O–H groups in total. The third kappa shape index (κ3) is 4.36. The van der Waals surface area contributed by atoms with Gasteiger partial charge in [0.05, 0.1) is 21.1 Å². The van der Waals surface area contributed by atoms with Gasteiger partial charge in [-0.15, -0.1) is 0 Å². The van der Waals surface area contributed by atoms with E-state index in [9.17, 15) is 0 Å². The third-order valence-corrected chi connectivity index (χ3v) is 2.85. The first-order chi connectivity index (χ1) is 6.45. The normalized spacial score (nSPS) is 12.3. The molecule has 16 heavy (non-hydrogen) atoms. The summed E-state index contributed by atoms with van der Waals surface area (Å²) in [5.74, 6) is 0.677. The molecule has 0 fully saturated rings. The molecule has 1 aromatic rings. The molecule has 0 radical (unpaired) electrons. The standard InChI is InChI=1S/C13H22N.2CH4/c1-6-11(2)12-7-9-13(10-8-12)14(3,4)5;;/h7-11H,6H2,1-5H3;2*1H4/q+1;;. The summed E-state index contributed by atoms with van der Waals surface area (Å²) in [7, 11) is 6.58. The van der Waals surface area contributed by atoms with Crippen molar-refractivity contribution < 1.29 is 0 Å². The lowest BCUT2D eigenvalue weighted by Crippen LogP contribution is -2.34. The summed E-state index contributed by atoms with van der Waals surface area (Å²) >= 11 is 0. The summed E-state index contributed by atoms with van der Waals surface area (Å²) in [5, 5.41) is 0. The Morgan fingerprint density at radius 3 is 1.75 bits per heavy atom. The average Bonchev–Trinajstić information content (AvgIpc) is 2.15. The number of quaternary nitrogens is 1. The topological polar surface area (TPSA) is 0 Å². The minimum absolute atomic E-state index is 0. The van der Waals surface area contributed by atoms with E-state index in [1.807, 2.05) is 0 Å². The number of nitrogens with zero attached hydrogens (tertiary/aromatic N) is 1. The molecule has 1 aromatic carbocycles. The van der Waals surface area contributed by atoms with Crippen molar-refractivity contribution in [1.82, 2.24) is 4.48 Å². The molecule has 0 aliphatic heterocycles. The number of rotatable bonds is 3.